The van der Waals surface area contributed by atoms with E-state index in [0.717, 1.165) is 49.6 Å². The van der Waals surface area contributed by atoms with Gasteiger partial charge in [0.1, 0.15) is 17.6 Å². The number of nitrogens with one attached hydrogen (secondary N) is 1. The summed E-state index contributed by atoms with van der Waals surface area (Å²) in [6.45, 7) is 10.3. The lowest BCUT2D eigenvalue weighted by molar-refractivity contribution is 0.207. The van der Waals surface area contributed by atoms with E-state index in [1.807, 2.05) is 12.1 Å². The number of rotatable bonds is 11. The van der Waals surface area contributed by atoms with Crippen LogP contribution < -0.4 is 14.8 Å². The van der Waals surface area contributed by atoms with Crippen molar-refractivity contribution in [3.63, 3.8) is 0 Å². The fraction of sp³-hybridized carbons (Fsp3) is 0.478. The third kappa shape index (κ3) is 5.98. The molecule has 142 valence electrons. The number of anilines is 1. The minimum absolute atomic E-state index is 0.135. The van der Waals surface area contributed by atoms with Gasteiger partial charge in [-0.25, -0.2) is 0 Å². The summed E-state index contributed by atoms with van der Waals surface area (Å²) >= 11 is 0. The minimum atomic E-state index is 0.135. The molecule has 0 spiro atoms. The Morgan fingerprint density at radius 1 is 0.923 bits per heavy atom. The average Bonchev–Trinajstić information content (AvgIpc) is 2.70. The van der Waals surface area contributed by atoms with Gasteiger partial charge in [-0.1, -0.05) is 45.9 Å². The second-order valence-corrected chi connectivity index (χ2v) is 6.75. The lowest BCUT2D eigenvalue weighted by Gasteiger charge is -2.22. The summed E-state index contributed by atoms with van der Waals surface area (Å²) in [4.78, 5) is 0. The third-order valence-corrected chi connectivity index (χ3v) is 4.67. The van der Waals surface area contributed by atoms with Crippen molar-refractivity contribution in [3.05, 3.63) is 54.1 Å². The van der Waals surface area contributed by atoms with E-state index in [1.165, 1.54) is 5.56 Å². The van der Waals surface area contributed by atoms with Crippen LogP contribution in [0.5, 0.6) is 11.5 Å². The highest BCUT2D eigenvalue weighted by molar-refractivity contribution is 5.46. The highest BCUT2D eigenvalue weighted by Crippen LogP contribution is 2.29. The van der Waals surface area contributed by atoms with Crippen LogP contribution >= 0.6 is 0 Å². The molecule has 0 bridgehead atoms. The summed E-state index contributed by atoms with van der Waals surface area (Å²) in [6.07, 6.45) is 3.23. The average molecular weight is 356 g/mol. The molecule has 2 aromatic rings. The highest BCUT2D eigenvalue weighted by atomic mass is 16.5. The van der Waals surface area contributed by atoms with E-state index in [2.05, 4.69) is 69.4 Å². The molecule has 1 N–H and O–H groups in total. The molecule has 0 aliphatic carbocycles. The van der Waals surface area contributed by atoms with E-state index in [1.54, 1.807) is 0 Å². The molecular formula is C23H33NO2. The van der Waals surface area contributed by atoms with Crippen molar-refractivity contribution < 1.29 is 9.47 Å². The van der Waals surface area contributed by atoms with Gasteiger partial charge in [-0.05, 0) is 61.1 Å². The highest BCUT2D eigenvalue weighted by Gasteiger charge is 2.14. The number of para-hydroxylation sites is 1. The lowest BCUT2D eigenvalue weighted by atomic mass is 9.98. The van der Waals surface area contributed by atoms with Crippen molar-refractivity contribution in [3.8, 4) is 11.5 Å². The molecular weight excluding hydrogens is 322 g/mol. The summed E-state index contributed by atoms with van der Waals surface area (Å²) in [6, 6.07) is 16.6. The van der Waals surface area contributed by atoms with Gasteiger partial charge in [0.05, 0.1) is 13.2 Å². The minimum Gasteiger partial charge on any atom is -0.494 e. The molecule has 2 rings (SSSR count). The van der Waals surface area contributed by atoms with E-state index in [4.69, 9.17) is 9.47 Å². The van der Waals surface area contributed by atoms with Crippen LogP contribution in [0.15, 0.2) is 48.5 Å². The van der Waals surface area contributed by atoms with Crippen molar-refractivity contribution in [1.29, 1.82) is 0 Å². The van der Waals surface area contributed by atoms with Gasteiger partial charge in [-0.2, -0.15) is 0 Å². The monoisotopic (exact) mass is 355 g/mol. The van der Waals surface area contributed by atoms with Gasteiger partial charge in [0.15, 0.2) is 0 Å². The first-order valence-corrected chi connectivity index (χ1v) is 9.90. The topological polar surface area (TPSA) is 30.5 Å². The van der Waals surface area contributed by atoms with Crippen molar-refractivity contribution in [1.82, 2.24) is 0 Å². The van der Waals surface area contributed by atoms with Crippen molar-refractivity contribution in [2.75, 3.05) is 18.5 Å². The van der Waals surface area contributed by atoms with Crippen molar-refractivity contribution in [2.24, 2.45) is 0 Å². The maximum atomic E-state index is 6.33. The Kier molecular flexibility index (Phi) is 8.33. The largest absolute Gasteiger partial charge is 0.494 e. The molecule has 0 saturated carbocycles. The molecule has 0 fully saturated rings. The van der Waals surface area contributed by atoms with E-state index >= 15 is 0 Å². The Bertz CT molecular complexity index is 639. The smallest absolute Gasteiger partial charge is 0.123 e. The van der Waals surface area contributed by atoms with E-state index in [-0.39, 0.29) is 6.10 Å². The fourth-order valence-corrected chi connectivity index (χ4v) is 2.78. The van der Waals surface area contributed by atoms with Crippen LogP contribution in [0.4, 0.5) is 5.69 Å². The third-order valence-electron chi connectivity index (χ3n) is 4.67. The van der Waals surface area contributed by atoms with Crippen molar-refractivity contribution in [2.45, 2.75) is 59.0 Å². The molecule has 26 heavy (non-hydrogen) atoms. The Balaban J connectivity index is 1.94. The summed E-state index contributed by atoms with van der Waals surface area (Å²) in [5, 5.41) is 3.48. The van der Waals surface area contributed by atoms with Crippen LogP contribution in [0.25, 0.3) is 0 Å². The molecule has 0 saturated heterocycles. The zero-order valence-electron chi connectivity index (χ0n) is 16.6. The normalized spacial score (nSPS) is 13.1. The standard InChI is InChI=1S/C23H33NO2/c1-5-16-25-21-14-12-19(13-15-21)24-17-20(7-3)26-23-11-9-8-10-22(23)18(4)6-2/h8-15,18,20,24H,5-7,16-17H2,1-4H3. The lowest BCUT2D eigenvalue weighted by Crippen LogP contribution is -2.26. The molecule has 2 unspecified atom stereocenters. The van der Waals surface area contributed by atoms with Crippen LogP contribution in [0.1, 0.15) is 58.4 Å². The fourth-order valence-electron chi connectivity index (χ4n) is 2.78. The zero-order valence-corrected chi connectivity index (χ0v) is 16.6. The van der Waals surface area contributed by atoms with Gasteiger partial charge >= 0.3 is 0 Å². The van der Waals surface area contributed by atoms with Gasteiger partial charge in [0.2, 0.25) is 0 Å². The first-order valence-electron chi connectivity index (χ1n) is 9.90. The Morgan fingerprint density at radius 2 is 1.65 bits per heavy atom. The van der Waals surface area contributed by atoms with Crippen LogP contribution in [0.3, 0.4) is 0 Å². The number of benzene rings is 2. The van der Waals surface area contributed by atoms with Crippen LogP contribution in [0.2, 0.25) is 0 Å². The van der Waals surface area contributed by atoms with Gasteiger partial charge in [-0.15, -0.1) is 0 Å². The second kappa shape index (κ2) is 10.7. The van der Waals surface area contributed by atoms with E-state index in [9.17, 15) is 0 Å². The predicted octanol–water partition coefficient (Wildman–Crippen LogP) is 6.26. The zero-order chi connectivity index (χ0) is 18.8. The van der Waals surface area contributed by atoms with Crippen LogP contribution in [-0.2, 0) is 0 Å². The molecule has 3 nitrogen and oxygen atoms in total. The Labute approximate surface area is 158 Å². The summed E-state index contributed by atoms with van der Waals surface area (Å²) in [7, 11) is 0. The van der Waals surface area contributed by atoms with Gasteiger partial charge in [-0.3, -0.25) is 0 Å². The first-order chi connectivity index (χ1) is 12.7. The van der Waals surface area contributed by atoms with E-state index in [0.29, 0.717) is 5.92 Å². The van der Waals surface area contributed by atoms with Gasteiger partial charge in [0, 0.05) is 5.69 Å². The summed E-state index contributed by atoms with van der Waals surface area (Å²) in [5.74, 6) is 2.44. The number of hydrogen-bond donors (Lipinski definition) is 1. The van der Waals surface area contributed by atoms with E-state index < -0.39 is 0 Å². The molecule has 2 aromatic carbocycles. The number of hydrogen-bond acceptors (Lipinski definition) is 3. The molecule has 0 aliphatic heterocycles. The first kappa shape index (κ1) is 20.2. The SMILES string of the molecule is CCCOc1ccc(NCC(CC)Oc2ccccc2C(C)CC)cc1. The Morgan fingerprint density at radius 3 is 2.31 bits per heavy atom. The molecule has 0 amide bonds. The number of ether oxygens (including phenoxy) is 2. The Hall–Kier alpha value is -2.16. The van der Waals surface area contributed by atoms with Crippen LogP contribution in [-0.4, -0.2) is 19.3 Å². The molecule has 0 aliphatic rings. The predicted molar refractivity (Wildman–Crippen MR) is 111 cm³/mol. The van der Waals surface area contributed by atoms with Gasteiger partial charge < -0.3 is 14.8 Å². The quantitative estimate of drug-likeness (QED) is 0.516. The summed E-state index contributed by atoms with van der Waals surface area (Å²) < 4.78 is 12.0. The molecule has 0 radical (unpaired) electrons. The molecule has 0 heterocycles. The molecule has 3 heteroatoms. The maximum Gasteiger partial charge on any atom is 0.123 e. The van der Waals surface area contributed by atoms with Gasteiger partial charge in [0.25, 0.3) is 0 Å². The van der Waals surface area contributed by atoms with Crippen LogP contribution in [0, 0.1) is 0 Å². The molecule has 0 aromatic heterocycles. The second-order valence-electron chi connectivity index (χ2n) is 6.75. The summed E-state index contributed by atoms with van der Waals surface area (Å²) in [5.41, 5.74) is 2.39. The molecule has 2 atom stereocenters. The maximum absolute atomic E-state index is 6.33. The van der Waals surface area contributed by atoms with Crippen molar-refractivity contribution >= 4 is 5.69 Å².